The first-order valence-electron chi connectivity index (χ1n) is 7.52. The van der Waals surface area contributed by atoms with Gasteiger partial charge in [0.25, 0.3) is 0 Å². The molecule has 1 aliphatic rings. The largest absolute Gasteiger partial charge is 0.472 e. The summed E-state index contributed by atoms with van der Waals surface area (Å²) in [5.41, 5.74) is 0.427. The van der Waals surface area contributed by atoms with Gasteiger partial charge < -0.3 is 4.74 Å². The Morgan fingerprint density at radius 2 is 2.04 bits per heavy atom. The van der Waals surface area contributed by atoms with Crippen molar-refractivity contribution in [2.45, 2.75) is 23.8 Å². The first-order chi connectivity index (χ1) is 11.6. The maximum Gasteiger partial charge on any atom is 0.243 e. The van der Waals surface area contributed by atoms with E-state index in [0.717, 1.165) is 6.42 Å². The topological polar surface area (TPSA) is 96.2 Å². The molecule has 2 aromatic rings. The molecule has 0 spiro atoms. The van der Waals surface area contributed by atoms with Crippen LogP contribution in [0.1, 0.15) is 18.4 Å². The molecule has 1 fully saturated rings. The van der Waals surface area contributed by atoms with E-state index in [1.165, 1.54) is 41.0 Å². The first-order valence-corrected chi connectivity index (χ1v) is 8.96. The van der Waals surface area contributed by atoms with Crippen LogP contribution in [0.4, 0.5) is 0 Å². The molecule has 0 bridgehead atoms. The average Bonchev–Trinajstić information content (AvgIpc) is 2.63. The summed E-state index contributed by atoms with van der Waals surface area (Å²) in [6.45, 7) is 0.710. The monoisotopic (exact) mass is 344 g/mol. The van der Waals surface area contributed by atoms with Crippen molar-refractivity contribution >= 4 is 10.0 Å². The molecular formula is C16H16N4O3S. The molecule has 0 aliphatic carbocycles. The predicted octanol–water partition coefficient (Wildman–Crippen LogP) is 1.58. The molecule has 8 heteroatoms. The summed E-state index contributed by atoms with van der Waals surface area (Å²) >= 11 is 0. The third kappa shape index (κ3) is 3.53. The van der Waals surface area contributed by atoms with Gasteiger partial charge in [-0.3, -0.25) is 4.98 Å². The summed E-state index contributed by atoms with van der Waals surface area (Å²) in [6, 6.07) is 7.91. The molecule has 2 heterocycles. The van der Waals surface area contributed by atoms with Crippen LogP contribution >= 0.6 is 0 Å². The van der Waals surface area contributed by atoms with E-state index in [1.807, 2.05) is 6.07 Å². The van der Waals surface area contributed by atoms with Crippen LogP contribution < -0.4 is 4.74 Å². The Bertz CT molecular complexity index is 832. The molecule has 24 heavy (non-hydrogen) atoms. The Morgan fingerprint density at radius 3 is 2.71 bits per heavy atom. The van der Waals surface area contributed by atoms with E-state index in [2.05, 4.69) is 9.97 Å². The number of aromatic nitrogens is 2. The van der Waals surface area contributed by atoms with E-state index < -0.39 is 10.0 Å². The first kappa shape index (κ1) is 16.4. The molecule has 1 aromatic carbocycles. The highest BCUT2D eigenvalue weighted by molar-refractivity contribution is 7.89. The second-order valence-electron chi connectivity index (χ2n) is 5.42. The van der Waals surface area contributed by atoms with Gasteiger partial charge in [-0.05, 0) is 37.1 Å². The molecule has 1 aromatic heterocycles. The lowest BCUT2D eigenvalue weighted by Gasteiger charge is -2.31. The molecule has 0 saturated carbocycles. The minimum atomic E-state index is -3.60. The molecule has 1 saturated heterocycles. The lowest BCUT2D eigenvalue weighted by Crippen LogP contribution is -2.44. The number of ether oxygens (including phenoxy) is 1. The van der Waals surface area contributed by atoms with Gasteiger partial charge in [0.2, 0.25) is 15.9 Å². The van der Waals surface area contributed by atoms with Crippen molar-refractivity contribution in [2.75, 3.05) is 13.1 Å². The van der Waals surface area contributed by atoms with E-state index in [9.17, 15) is 8.42 Å². The zero-order valence-corrected chi connectivity index (χ0v) is 13.7. The maximum absolute atomic E-state index is 12.7. The lowest BCUT2D eigenvalue weighted by molar-refractivity contribution is 0.124. The summed E-state index contributed by atoms with van der Waals surface area (Å²) < 4.78 is 32.6. The van der Waals surface area contributed by atoms with E-state index >= 15 is 0 Å². The van der Waals surface area contributed by atoms with Crippen molar-refractivity contribution in [3.05, 3.63) is 48.4 Å². The predicted molar refractivity (Wildman–Crippen MR) is 85.6 cm³/mol. The highest BCUT2D eigenvalue weighted by Gasteiger charge is 2.31. The van der Waals surface area contributed by atoms with Gasteiger partial charge in [0.15, 0.2) is 0 Å². The number of nitrogens with zero attached hydrogens (tertiary/aromatic N) is 4. The smallest absolute Gasteiger partial charge is 0.243 e. The molecule has 1 atom stereocenters. The summed E-state index contributed by atoms with van der Waals surface area (Å²) in [6.07, 6.45) is 5.80. The molecule has 0 amide bonds. The van der Waals surface area contributed by atoms with E-state index in [4.69, 9.17) is 10.00 Å². The van der Waals surface area contributed by atoms with Gasteiger partial charge in [-0.15, -0.1) is 0 Å². The quantitative estimate of drug-likeness (QED) is 0.835. The molecule has 124 valence electrons. The summed E-state index contributed by atoms with van der Waals surface area (Å²) in [5, 5.41) is 8.82. The van der Waals surface area contributed by atoms with Crippen LogP contribution in [0.2, 0.25) is 0 Å². The van der Waals surface area contributed by atoms with E-state index in [1.54, 1.807) is 6.20 Å². The fraction of sp³-hybridized carbons (Fsp3) is 0.312. The molecule has 3 rings (SSSR count). The van der Waals surface area contributed by atoms with Crippen molar-refractivity contribution < 1.29 is 13.2 Å². The highest BCUT2D eigenvalue weighted by Crippen LogP contribution is 2.23. The van der Waals surface area contributed by atoms with Crippen LogP contribution in [-0.2, 0) is 10.0 Å². The fourth-order valence-electron chi connectivity index (χ4n) is 2.59. The number of rotatable bonds is 4. The number of nitriles is 1. The Labute approximate surface area is 140 Å². The molecule has 1 aliphatic heterocycles. The van der Waals surface area contributed by atoms with Gasteiger partial charge in [-0.1, -0.05) is 0 Å². The van der Waals surface area contributed by atoms with Crippen molar-refractivity contribution in [1.82, 2.24) is 14.3 Å². The van der Waals surface area contributed by atoms with E-state index in [0.29, 0.717) is 24.4 Å². The minimum Gasteiger partial charge on any atom is -0.472 e. The lowest BCUT2D eigenvalue weighted by atomic mass is 10.1. The van der Waals surface area contributed by atoms with Gasteiger partial charge in [0.05, 0.1) is 29.3 Å². The van der Waals surface area contributed by atoms with Gasteiger partial charge in [-0.2, -0.15) is 9.57 Å². The highest BCUT2D eigenvalue weighted by atomic mass is 32.2. The SMILES string of the molecule is N#Cc1ccc(S(=O)(=O)N2CCCC(Oc3cnccn3)C2)cc1. The molecular weight excluding hydrogens is 328 g/mol. The second-order valence-corrected chi connectivity index (χ2v) is 7.36. The summed E-state index contributed by atoms with van der Waals surface area (Å²) in [7, 11) is -3.60. The molecule has 1 unspecified atom stereocenters. The van der Waals surface area contributed by atoms with Gasteiger partial charge >= 0.3 is 0 Å². The number of benzene rings is 1. The third-order valence-corrected chi connectivity index (χ3v) is 5.67. The molecule has 0 radical (unpaired) electrons. The minimum absolute atomic E-state index is 0.182. The molecule has 7 nitrogen and oxygen atoms in total. The zero-order valence-electron chi connectivity index (χ0n) is 12.9. The number of hydrogen-bond acceptors (Lipinski definition) is 6. The molecule has 0 N–H and O–H groups in total. The number of hydrogen-bond donors (Lipinski definition) is 0. The van der Waals surface area contributed by atoms with Crippen LogP contribution in [0.15, 0.2) is 47.8 Å². The maximum atomic E-state index is 12.7. The standard InChI is InChI=1S/C16H16N4O3S/c17-10-13-3-5-15(6-4-13)24(21,22)20-9-1-2-14(12-20)23-16-11-18-7-8-19-16/h3-8,11,14H,1-2,9,12H2. The van der Waals surface area contributed by atoms with Crippen LogP contribution in [0.5, 0.6) is 5.88 Å². The van der Waals surface area contributed by atoms with Gasteiger partial charge in [0, 0.05) is 18.9 Å². The Morgan fingerprint density at radius 1 is 1.25 bits per heavy atom. The van der Waals surface area contributed by atoms with Crippen LogP contribution in [0.3, 0.4) is 0 Å². The van der Waals surface area contributed by atoms with E-state index in [-0.39, 0.29) is 17.5 Å². The average molecular weight is 344 g/mol. The van der Waals surface area contributed by atoms with Crippen molar-refractivity contribution in [2.24, 2.45) is 0 Å². The zero-order chi connectivity index (χ0) is 17.0. The Balaban J connectivity index is 1.74. The summed E-state index contributed by atoms with van der Waals surface area (Å²) in [4.78, 5) is 8.17. The number of sulfonamides is 1. The number of piperidine rings is 1. The van der Waals surface area contributed by atoms with Gasteiger partial charge in [-0.25, -0.2) is 13.4 Å². The Hall–Kier alpha value is -2.50. The third-order valence-electron chi connectivity index (χ3n) is 3.79. The van der Waals surface area contributed by atoms with Crippen molar-refractivity contribution in [3.63, 3.8) is 0 Å². The Kier molecular flexibility index (Phi) is 4.74. The fourth-order valence-corrected chi connectivity index (χ4v) is 4.10. The van der Waals surface area contributed by atoms with Crippen molar-refractivity contribution in [3.8, 4) is 11.9 Å². The second kappa shape index (κ2) is 6.95. The van der Waals surface area contributed by atoms with Gasteiger partial charge in [0.1, 0.15) is 6.10 Å². The van der Waals surface area contributed by atoms with Crippen molar-refractivity contribution in [1.29, 1.82) is 5.26 Å². The van der Waals surface area contributed by atoms with Crippen LogP contribution in [-0.4, -0.2) is 41.9 Å². The normalized spacial score (nSPS) is 18.7. The van der Waals surface area contributed by atoms with Crippen LogP contribution in [0.25, 0.3) is 0 Å². The van der Waals surface area contributed by atoms with Crippen LogP contribution in [0, 0.1) is 11.3 Å². The summed E-state index contributed by atoms with van der Waals surface area (Å²) in [5.74, 6) is 0.389.